The van der Waals surface area contributed by atoms with E-state index in [-0.39, 0.29) is 17.4 Å². The molecule has 1 fully saturated rings. The zero-order chi connectivity index (χ0) is 26.6. The second kappa shape index (κ2) is 9.45. The van der Waals surface area contributed by atoms with Crippen molar-refractivity contribution in [2.75, 3.05) is 11.5 Å². The van der Waals surface area contributed by atoms with Crippen LogP contribution in [0.1, 0.15) is 36.6 Å². The molecule has 1 amide bonds. The molecule has 1 aromatic heterocycles. The summed E-state index contributed by atoms with van der Waals surface area (Å²) in [6.07, 6.45) is 0.722. The van der Waals surface area contributed by atoms with E-state index in [0.717, 1.165) is 16.0 Å². The smallest absolute Gasteiger partial charge is 0.301 e. The van der Waals surface area contributed by atoms with Crippen LogP contribution in [0.2, 0.25) is 5.02 Å². The third kappa shape index (κ3) is 4.10. The normalized spacial score (nSPS) is 20.1. The Bertz CT molecular complexity index is 1650. The van der Waals surface area contributed by atoms with Crippen molar-refractivity contribution in [1.29, 1.82) is 0 Å². The molecule has 2 aliphatic heterocycles. The van der Waals surface area contributed by atoms with E-state index in [2.05, 4.69) is 4.98 Å². The summed E-state index contributed by atoms with van der Waals surface area (Å²) in [6.45, 7) is 4.40. The third-order valence-electron chi connectivity index (χ3n) is 6.64. The second-order valence-electron chi connectivity index (χ2n) is 9.24. The van der Waals surface area contributed by atoms with Gasteiger partial charge in [-0.2, -0.15) is 0 Å². The summed E-state index contributed by atoms with van der Waals surface area (Å²) in [5.74, 6) is -0.358. The number of rotatable bonds is 5. The molecule has 2 aliphatic rings. The largest absolute Gasteiger partial charge is 0.507 e. The second-order valence-corrected chi connectivity index (χ2v) is 10.7. The molecule has 6 rings (SSSR count). The van der Waals surface area contributed by atoms with Crippen molar-refractivity contribution in [2.45, 2.75) is 32.4 Å². The first-order chi connectivity index (χ1) is 18.3. The van der Waals surface area contributed by atoms with Crippen molar-refractivity contribution >= 4 is 55.7 Å². The Kier molecular flexibility index (Phi) is 6.08. The maximum absolute atomic E-state index is 13.5. The molecule has 1 N–H and O–H groups in total. The number of aliphatic hydroxyl groups excluding tert-OH is 1. The van der Waals surface area contributed by atoms with Crippen LogP contribution in [0.25, 0.3) is 16.0 Å². The zero-order valence-electron chi connectivity index (χ0n) is 20.6. The predicted molar refractivity (Wildman–Crippen MR) is 147 cm³/mol. The first kappa shape index (κ1) is 24.5. The van der Waals surface area contributed by atoms with E-state index in [1.54, 1.807) is 36.4 Å². The highest BCUT2D eigenvalue weighted by molar-refractivity contribution is 7.22. The van der Waals surface area contributed by atoms with Gasteiger partial charge in [-0.1, -0.05) is 35.1 Å². The molecule has 3 heterocycles. The number of fused-ring (bicyclic) bond motifs is 2. The number of Topliss-reactive ketones (excluding diaryl/α,β-unsaturated/α-hetero) is 1. The van der Waals surface area contributed by atoms with Gasteiger partial charge in [-0.05, 0) is 73.5 Å². The summed E-state index contributed by atoms with van der Waals surface area (Å²) >= 11 is 7.59. The van der Waals surface area contributed by atoms with Gasteiger partial charge in [-0.3, -0.25) is 14.5 Å². The van der Waals surface area contributed by atoms with Crippen LogP contribution in [0.15, 0.2) is 66.2 Å². The van der Waals surface area contributed by atoms with Gasteiger partial charge >= 0.3 is 5.91 Å². The minimum Gasteiger partial charge on any atom is -0.507 e. The van der Waals surface area contributed by atoms with Gasteiger partial charge in [0, 0.05) is 17.0 Å². The molecule has 9 heteroatoms. The topological polar surface area (TPSA) is 89.0 Å². The van der Waals surface area contributed by atoms with Crippen LogP contribution in [0.3, 0.4) is 0 Å². The molecule has 0 spiro atoms. The van der Waals surface area contributed by atoms with E-state index in [9.17, 15) is 14.7 Å². The van der Waals surface area contributed by atoms with E-state index < -0.39 is 17.7 Å². The zero-order valence-corrected chi connectivity index (χ0v) is 22.2. The van der Waals surface area contributed by atoms with E-state index in [4.69, 9.17) is 21.1 Å². The monoisotopic (exact) mass is 546 g/mol. The summed E-state index contributed by atoms with van der Waals surface area (Å²) < 4.78 is 12.2. The molecule has 192 valence electrons. The molecular weight excluding hydrogens is 524 g/mol. The van der Waals surface area contributed by atoms with Gasteiger partial charge in [0.25, 0.3) is 5.78 Å². The maximum atomic E-state index is 13.5. The average Bonchev–Trinajstić information content (AvgIpc) is 3.56. The number of benzene rings is 3. The van der Waals surface area contributed by atoms with Gasteiger partial charge in [0.05, 0.1) is 28.4 Å². The van der Waals surface area contributed by atoms with Crippen LogP contribution in [0.4, 0.5) is 5.13 Å². The van der Waals surface area contributed by atoms with Crippen molar-refractivity contribution in [3.05, 3.63) is 87.9 Å². The fourth-order valence-corrected chi connectivity index (χ4v) is 6.22. The molecule has 0 saturated carbocycles. The summed E-state index contributed by atoms with van der Waals surface area (Å²) in [6, 6.07) is 16.8. The fraction of sp³-hybridized carbons (Fsp3) is 0.207. The highest BCUT2D eigenvalue weighted by Crippen LogP contribution is 2.45. The van der Waals surface area contributed by atoms with Gasteiger partial charge in [-0.25, -0.2) is 4.98 Å². The molecule has 0 radical (unpaired) electrons. The van der Waals surface area contributed by atoms with E-state index in [1.165, 1.54) is 16.2 Å². The minimum atomic E-state index is -0.913. The number of ether oxygens (including phenoxy) is 2. The Morgan fingerprint density at radius 2 is 2.03 bits per heavy atom. The van der Waals surface area contributed by atoms with Crippen molar-refractivity contribution in [2.24, 2.45) is 0 Å². The van der Waals surface area contributed by atoms with Crippen LogP contribution in [0.5, 0.6) is 11.5 Å². The molecule has 0 bridgehead atoms. The van der Waals surface area contributed by atoms with E-state index >= 15 is 0 Å². The van der Waals surface area contributed by atoms with Crippen LogP contribution in [-0.4, -0.2) is 34.5 Å². The van der Waals surface area contributed by atoms with Crippen LogP contribution >= 0.6 is 22.9 Å². The molecule has 38 heavy (non-hydrogen) atoms. The summed E-state index contributed by atoms with van der Waals surface area (Å²) in [7, 11) is 0. The maximum Gasteiger partial charge on any atom is 0.301 e. The molecule has 0 aliphatic carbocycles. The number of aromatic nitrogens is 1. The molecule has 7 nitrogen and oxygen atoms in total. The lowest BCUT2D eigenvalue weighted by Gasteiger charge is -2.23. The minimum absolute atomic E-state index is 0.0153. The molecule has 2 atom stereocenters. The third-order valence-corrected chi connectivity index (χ3v) is 7.90. The van der Waals surface area contributed by atoms with Gasteiger partial charge in [0.2, 0.25) is 0 Å². The lowest BCUT2D eigenvalue weighted by molar-refractivity contribution is -0.132. The van der Waals surface area contributed by atoms with Crippen molar-refractivity contribution < 1.29 is 24.2 Å². The Hall–Kier alpha value is -3.88. The van der Waals surface area contributed by atoms with E-state index in [1.807, 2.05) is 38.1 Å². The Morgan fingerprint density at radius 1 is 1.18 bits per heavy atom. The lowest BCUT2D eigenvalue weighted by atomic mass is 9.94. The van der Waals surface area contributed by atoms with Crippen molar-refractivity contribution in [3.8, 4) is 11.5 Å². The first-order valence-corrected chi connectivity index (χ1v) is 13.4. The number of carbonyl (C=O) groups excluding carboxylic acids is 2. The van der Waals surface area contributed by atoms with Crippen LogP contribution in [-0.2, 0) is 16.0 Å². The van der Waals surface area contributed by atoms with Crippen LogP contribution in [0, 0.1) is 0 Å². The van der Waals surface area contributed by atoms with Gasteiger partial charge in [0.15, 0.2) is 5.13 Å². The Balaban J connectivity index is 1.51. The molecular formula is C29H23ClN2O5S. The number of nitrogens with zero attached hydrogens (tertiary/aromatic N) is 2. The lowest BCUT2D eigenvalue weighted by Crippen LogP contribution is -2.29. The molecule has 2 unspecified atom stereocenters. The van der Waals surface area contributed by atoms with Crippen molar-refractivity contribution in [3.63, 3.8) is 0 Å². The number of thiazole rings is 1. The number of hydrogen-bond donors (Lipinski definition) is 1. The summed E-state index contributed by atoms with van der Waals surface area (Å²) in [5, 5.41) is 12.3. The highest BCUT2D eigenvalue weighted by atomic mass is 35.5. The number of ketones is 1. The highest BCUT2D eigenvalue weighted by Gasteiger charge is 2.48. The predicted octanol–water partition coefficient (Wildman–Crippen LogP) is 6.30. The Morgan fingerprint density at radius 3 is 2.82 bits per heavy atom. The van der Waals surface area contributed by atoms with Gasteiger partial charge in [-0.15, -0.1) is 0 Å². The SMILES string of the molecule is CCOc1ccc2nc(N3C(=O)C(=O)/C(=C(\O)c4ccc5c(c4)CC(C)O5)C3c3cccc(Cl)c3)sc2c1. The molecule has 4 aromatic rings. The summed E-state index contributed by atoms with van der Waals surface area (Å²) in [4.78, 5) is 33.0. The number of aliphatic hydroxyl groups is 1. The van der Waals surface area contributed by atoms with E-state index in [0.29, 0.717) is 45.6 Å². The number of hydrogen-bond acceptors (Lipinski definition) is 7. The Labute approximate surface area is 227 Å². The average molecular weight is 547 g/mol. The number of halogens is 1. The van der Waals surface area contributed by atoms with Crippen molar-refractivity contribution in [1.82, 2.24) is 4.98 Å². The number of amides is 1. The molecule has 3 aromatic carbocycles. The quantitative estimate of drug-likeness (QED) is 0.179. The summed E-state index contributed by atoms with van der Waals surface area (Å²) in [5.41, 5.74) is 2.63. The van der Waals surface area contributed by atoms with Crippen LogP contribution < -0.4 is 14.4 Å². The number of anilines is 1. The standard InChI is InChI=1S/C29H23ClN2O5S/c1-3-36-20-8-9-21-23(14-20)38-29(31-21)32-25(16-5-4-6-19(30)13-16)24(27(34)28(32)35)26(33)17-7-10-22-18(12-17)11-15(2)37-22/h4-10,12-15,25,33H,3,11H2,1-2H3/b26-24-. The first-order valence-electron chi connectivity index (χ1n) is 12.2. The fourth-order valence-electron chi connectivity index (χ4n) is 5.00. The number of carbonyl (C=O) groups is 2. The van der Waals surface area contributed by atoms with Gasteiger partial charge in [0.1, 0.15) is 23.4 Å². The molecule has 1 saturated heterocycles. The van der Waals surface area contributed by atoms with Gasteiger partial charge < -0.3 is 14.6 Å².